The van der Waals surface area contributed by atoms with E-state index in [1.807, 2.05) is 0 Å². The Morgan fingerprint density at radius 3 is 2.31 bits per heavy atom. The average molecular weight is 354 g/mol. The van der Waals surface area contributed by atoms with Gasteiger partial charge in [-0.05, 0) is 36.4 Å². The molecular formula is C20H18O6. The van der Waals surface area contributed by atoms with Gasteiger partial charge in [0.05, 0.1) is 18.4 Å². The monoisotopic (exact) mass is 354 g/mol. The van der Waals surface area contributed by atoms with E-state index in [2.05, 4.69) is 0 Å². The topological polar surface area (TPSA) is 75.0 Å². The van der Waals surface area contributed by atoms with Gasteiger partial charge in [0.25, 0.3) is 0 Å². The molecule has 0 saturated carbocycles. The molecule has 1 aromatic heterocycles. The van der Waals surface area contributed by atoms with Crippen molar-refractivity contribution in [3.05, 3.63) is 59.0 Å². The maximum Gasteiger partial charge on any atom is 0.313 e. The number of benzene rings is 2. The number of hydrogen-bond donors (Lipinski definition) is 0. The van der Waals surface area contributed by atoms with Gasteiger partial charge in [-0.25, -0.2) is 0 Å². The normalized spacial score (nSPS) is 10.8. The summed E-state index contributed by atoms with van der Waals surface area (Å²) in [7, 11) is 1.57. The van der Waals surface area contributed by atoms with Gasteiger partial charge in [0.2, 0.25) is 11.2 Å². The van der Waals surface area contributed by atoms with Gasteiger partial charge >= 0.3 is 5.97 Å². The highest BCUT2D eigenvalue weighted by atomic mass is 16.5. The van der Waals surface area contributed by atoms with Crippen LogP contribution < -0.4 is 19.6 Å². The van der Waals surface area contributed by atoms with Crippen LogP contribution in [0.4, 0.5) is 0 Å². The lowest BCUT2D eigenvalue weighted by atomic mass is 10.2. The maximum atomic E-state index is 12.6. The summed E-state index contributed by atoms with van der Waals surface area (Å²) in [5.74, 6) is 0.952. The first-order chi connectivity index (χ1) is 12.5. The number of fused-ring (bicyclic) bond motifs is 1. The summed E-state index contributed by atoms with van der Waals surface area (Å²) in [6.45, 7) is 3.48. The highest BCUT2D eigenvalue weighted by molar-refractivity contribution is 5.81. The van der Waals surface area contributed by atoms with Crippen LogP contribution in [0.1, 0.15) is 13.8 Å². The molecule has 134 valence electrons. The van der Waals surface area contributed by atoms with E-state index in [1.54, 1.807) is 57.4 Å². The number of methoxy groups -OCH3 is 1. The van der Waals surface area contributed by atoms with Crippen LogP contribution in [0, 0.1) is 5.92 Å². The summed E-state index contributed by atoms with van der Waals surface area (Å²) in [6.07, 6.45) is 1.24. The van der Waals surface area contributed by atoms with E-state index >= 15 is 0 Å². The van der Waals surface area contributed by atoms with Crippen molar-refractivity contribution in [2.45, 2.75) is 13.8 Å². The van der Waals surface area contributed by atoms with Crippen LogP contribution in [0.15, 0.2) is 57.9 Å². The van der Waals surface area contributed by atoms with Crippen molar-refractivity contribution in [3.63, 3.8) is 0 Å². The van der Waals surface area contributed by atoms with E-state index in [0.29, 0.717) is 28.2 Å². The molecule has 0 atom stereocenters. The zero-order valence-electron chi connectivity index (χ0n) is 14.6. The predicted molar refractivity (Wildman–Crippen MR) is 96.0 cm³/mol. The molecule has 26 heavy (non-hydrogen) atoms. The molecule has 0 aliphatic rings. The lowest BCUT2D eigenvalue weighted by Gasteiger charge is -2.08. The summed E-state index contributed by atoms with van der Waals surface area (Å²) in [5, 5.41) is 0.334. The van der Waals surface area contributed by atoms with E-state index in [-0.39, 0.29) is 23.1 Å². The van der Waals surface area contributed by atoms with Crippen molar-refractivity contribution in [2.24, 2.45) is 5.92 Å². The second kappa shape index (κ2) is 7.31. The molecule has 0 aliphatic carbocycles. The van der Waals surface area contributed by atoms with Crippen LogP contribution in [0.2, 0.25) is 0 Å². The summed E-state index contributed by atoms with van der Waals surface area (Å²) >= 11 is 0. The van der Waals surface area contributed by atoms with Gasteiger partial charge in [-0.15, -0.1) is 0 Å². The molecule has 6 heteroatoms. The Hall–Kier alpha value is -3.28. The van der Waals surface area contributed by atoms with Crippen molar-refractivity contribution in [1.82, 2.24) is 0 Å². The summed E-state index contributed by atoms with van der Waals surface area (Å²) < 4.78 is 21.4. The first kappa shape index (κ1) is 17.5. The Bertz CT molecular complexity index is 985. The van der Waals surface area contributed by atoms with Gasteiger partial charge in [-0.2, -0.15) is 0 Å². The Balaban J connectivity index is 1.88. The van der Waals surface area contributed by atoms with E-state index in [0.717, 1.165) is 0 Å². The molecule has 6 nitrogen and oxygen atoms in total. The van der Waals surface area contributed by atoms with E-state index in [1.165, 1.54) is 12.3 Å². The third kappa shape index (κ3) is 3.69. The van der Waals surface area contributed by atoms with Crippen molar-refractivity contribution in [3.8, 4) is 23.0 Å². The zero-order valence-corrected chi connectivity index (χ0v) is 14.6. The number of hydrogen-bond acceptors (Lipinski definition) is 6. The number of esters is 1. The van der Waals surface area contributed by atoms with Crippen LogP contribution in [0.3, 0.4) is 0 Å². The summed E-state index contributed by atoms with van der Waals surface area (Å²) in [6, 6.07) is 11.4. The fourth-order valence-corrected chi connectivity index (χ4v) is 2.23. The minimum Gasteiger partial charge on any atom is -0.497 e. The Morgan fingerprint density at radius 2 is 1.65 bits per heavy atom. The molecule has 0 aliphatic heterocycles. The van der Waals surface area contributed by atoms with Crippen LogP contribution in [0.5, 0.6) is 23.0 Å². The molecular weight excluding hydrogens is 336 g/mol. The van der Waals surface area contributed by atoms with Crippen molar-refractivity contribution in [1.29, 1.82) is 0 Å². The van der Waals surface area contributed by atoms with E-state index < -0.39 is 0 Å². The zero-order chi connectivity index (χ0) is 18.7. The quantitative estimate of drug-likeness (QED) is 0.506. The summed E-state index contributed by atoms with van der Waals surface area (Å²) in [5.41, 5.74) is -0.00468. The van der Waals surface area contributed by atoms with Gasteiger partial charge in [0.15, 0.2) is 0 Å². The third-order valence-electron chi connectivity index (χ3n) is 3.69. The van der Waals surface area contributed by atoms with Gasteiger partial charge in [0, 0.05) is 6.07 Å². The molecule has 0 N–H and O–H groups in total. The van der Waals surface area contributed by atoms with Crippen molar-refractivity contribution < 1.29 is 23.4 Å². The van der Waals surface area contributed by atoms with Gasteiger partial charge in [-0.1, -0.05) is 13.8 Å². The molecule has 0 bridgehead atoms. The highest BCUT2D eigenvalue weighted by Crippen LogP contribution is 2.25. The average Bonchev–Trinajstić information content (AvgIpc) is 2.64. The second-order valence-electron chi connectivity index (χ2n) is 5.94. The summed E-state index contributed by atoms with van der Waals surface area (Å²) in [4.78, 5) is 24.3. The van der Waals surface area contributed by atoms with Gasteiger partial charge in [0.1, 0.15) is 29.1 Å². The SMILES string of the molecule is COc1ccc(Oc2coc3cc(OC(=O)C(C)C)ccc3c2=O)cc1. The number of rotatable bonds is 5. The fourth-order valence-electron chi connectivity index (χ4n) is 2.23. The van der Waals surface area contributed by atoms with Crippen molar-refractivity contribution in [2.75, 3.05) is 7.11 Å². The van der Waals surface area contributed by atoms with Crippen molar-refractivity contribution >= 4 is 16.9 Å². The Labute approximate surface area is 149 Å². The molecule has 0 unspecified atom stereocenters. The van der Waals surface area contributed by atoms with E-state index in [4.69, 9.17) is 18.6 Å². The van der Waals surface area contributed by atoms with Crippen LogP contribution in [-0.4, -0.2) is 13.1 Å². The smallest absolute Gasteiger partial charge is 0.313 e. The third-order valence-corrected chi connectivity index (χ3v) is 3.69. The molecule has 2 aromatic carbocycles. The Kier molecular flexibility index (Phi) is 4.93. The fraction of sp³-hybridized carbons (Fsp3) is 0.200. The molecule has 0 radical (unpaired) electrons. The molecule has 1 heterocycles. The van der Waals surface area contributed by atoms with Crippen LogP contribution in [0.25, 0.3) is 11.0 Å². The van der Waals surface area contributed by atoms with Gasteiger partial charge < -0.3 is 18.6 Å². The molecule has 0 saturated heterocycles. The predicted octanol–water partition coefficient (Wildman–Crippen LogP) is 4.16. The molecule has 3 rings (SSSR count). The minimum atomic E-state index is -0.355. The molecule has 0 fully saturated rings. The standard InChI is InChI=1S/C20H18O6/c1-12(2)20(22)26-15-8-9-16-17(10-15)24-11-18(19(16)21)25-14-6-4-13(23-3)5-7-14/h4-12H,1-3H3. The number of carbonyl (C=O) groups is 1. The molecule has 3 aromatic rings. The van der Waals surface area contributed by atoms with E-state index in [9.17, 15) is 9.59 Å². The van der Waals surface area contributed by atoms with Crippen LogP contribution >= 0.6 is 0 Å². The lowest BCUT2D eigenvalue weighted by molar-refractivity contribution is -0.137. The largest absolute Gasteiger partial charge is 0.497 e. The molecule has 0 spiro atoms. The molecule has 0 amide bonds. The number of ether oxygens (including phenoxy) is 3. The second-order valence-corrected chi connectivity index (χ2v) is 5.94. The number of carbonyl (C=O) groups excluding carboxylic acids is 1. The lowest BCUT2D eigenvalue weighted by Crippen LogP contribution is -2.14. The Morgan fingerprint density at radius 1 is 1.00 bits per heavy atom. The first-order valence-electron chi connectivity index (χ1n) is 8.07. The highest BCUT2D eigenvalue weighted by Gasteiger charge is 2.13. The first-order valence-corrected chi connectivity index (χ1v) is 8.07. The maximum absolute atomic E-state index is 12.6. The van der Waals surface area contributed by atoms with Crippen LogP contribution in [-0.2, 0) is 4.79 Å². The van der Waals surface area contributed by atoms with Gasteiger partial charge in [-0.3, -0.25) is 9.59 Å². The minimum absolute atomic E-state index is 0.0644.